The van der Waals surface area contributed by atoms with Crippen LogP contribution in [0.25, 0.3) is 87.7 Å². The largest absolute Gasteiger partial charge is 0.323 e. The molecule has 6 heteroatoms. The third-order valence-electron chi connectivity index (χ3n) is 10.3. The number of fused-ring (bicyclic) bond motifs is 7. The average Bonchev–Trinajstić information content (AvgIpc) is 3.66. The summed E-state index contributed by atoms with van der Waals surface area (Å²) in [6.45, 7) is 0. The molecule has 0 spiro atoms. The lowest BCUT2D eigenvalue weighted by Crippen LogP contribution is -2.17. The summed E-state index contributed by atoms with van der Waals surface area (Å²) in [5, 5.41) is 17.6. The minimum atomic E-state index is 0.133. The van der Waals surface area contributed by atoms with Gasteiger partial charge in [0.25, 0.3) is 0 Å². The van der Waals surface area contributed by atoms with Crippen LogP contribution >= 0.6 is 0 Å². The monoisotopic (exact) mass is 652 g/mol. The first-order chi connectivity index (χ1) is 25.2. The van der Waals surface area contributed by atoms with Crippen molar-refractivity contribution in [3.63, 3.8) is 0 Å². The van der Waals surface area contributed by atoms with Gasteiger partial charge in [0.05, 0.1) is 38.8 Å². The third kappa shape index (κ3) is 3.95. The second kappa shape index (κ2) is 10.5. The third-order valence-corrected chi connectivity index (χ3v) is 10.3. The number of H-pyrrole nitrogens is 1. The molecule has 0 atom stereocenters. The lowest BCUT2D eigenvalue weighted by atomic mass is 10.0. The van der Waals surface area contributed by atoms with Gasteiger partial charge in [-0.25, -0.2) is 4.98 Å². The molecule has 0 aliphatic carbocycles. The lowest BCUT2D eigenvalue weighted by molar-refractivity contribution is 1.05. The molecule has 0 aliphatic heterocycles. The molecule has 0 aliphatic rings. The number of benzene rings is 7. The van der Waals surface area contributed by atoms with Crippen LogP contribution in [0.2, 0.25) is 0 Å². The van der Waals surface area contributed by atoms with Gasteiger partial charge in [-0.1, -0.05) is 115 Å². The molecule has 11 rings (SSSR count). The number of aromatic nitrogens is 4. The minimum Gasteiger partial charge on any atom is -0.323 e. The van der Waals surface area contributed by atoms with E-state index in [1.54, 1.807) is 0 Å². The van der Waals surface area contributed by atoms with Crippen LogP contribution in [0.1, 0.15) is 5.56 Å². The van der Waals surface area contributed by atoms with Crippen molar-refractivity contribution in [2.45, 2.75) is 0 Å². The maximum absolute atomic E-state index is 9.18. The smallest absolute Gasteiger partial charge is 0.229 e. The summed E-state index contributed by atoms with van der Waals surface area (Å²) in [7, 11) is 0. The van der Waals surface area contributed by atoms with Crippen molar-refractivity contribution in [3.05, 3.63) is 169 Å². The number of aromatic amines is 1. The first-order valence-electron chi connectivity index (χ1n) is 17.1. The standard InChI is InChI=1S/C45H28N6/c46-44(49-45-47-35-20-7-4-18-34(35)42(48-45)27-12-2-1-3-13-27)28-14-10-15-29(26-28)50-38-23-11-19-32-30-16-5-8-21-36(30)51-37-22-9-6-17-31(37)33-24-25-39(50)41(40(32)38)43(33)51/h1-26H,(H2,46,47,48,49). The molecule has 0 amide bonds. The van der Waals surface area contributed by atoms with E-state index < -0.39 is 0 Å². The van der Waals surface area contributed by atoms with E-state index in [2.05, 4.69) is 123 Å². The number of hydrogen-bond donors (Lipinski definition) is 2. The normalized spacial score (nSPS) is 12.5. The number of amidine groups is 1. The molecular formula is C45H28N6. The predicted octanol–water partition coefficient (Wildman–Crippen LogP) is 10.4. The fourth-order valence-electron chi connectivity index (χ4n) is 8.19. The fraction of sp³-hybridized carbons (Fsp3) is 0. The summed E-state index contributed by atoms with van der Waals surface area (Å²) < 4.78 is 4.79. The lowest BCUT2D eigenvalue weighted by Gasteiger charge is -2.11. The van der Waals surface area contributed by atoms with Gasteiger partial charge in [0.15, 0.2) is 5.84 Å². The van der Waals surface area contributed by atoms with Gasteiger partial charge in [-0.05, 0) is 47.9 Å². The molecular weight excluding hydrogens is 625 g/mol. The van der Waals surface area contributed by atoms with Crippen molar-refractivity contribution in [3.8, 4) is 16.9 Å². The van der Waals surface area contributed by atoms with Crippen LogP contribution in [0.3, 0.4) is 0 Å². The highest BCUT2D eigenvalue weighted by Gasteiger charge is 2.23. The van der Waals surface area contributed by atoms with E-state index in [1.807, 2.05) is 48.5 Å². The van der Waals surface area contributed by atoms with Crippen molar-refractivity contribution < 1.29 is 0 Å². The van der Waals surface area contributed by atoms with Crippen molar-refractivity contribution in [2.75, 3.05) is 0 Å². The van der Waals surface area contributed by atoms with Crippen LogP contribution in [0.5, 0.6) is 0 Å². The van der Waals surface area contributed by atoms with Crippen molar-refractivity contribution in [2.24, 2.45) is 4.99 Å². The molecule has 238 valence electrons. The SMILES string of the molecule is N=C(/N=c1/nc(-c2ccccc2)c2ccccc2[nH]1)c1cccc(-n2c3cccc4c5ccccc5n5c6ccccc6c6ccc2c(c43)c65)c1. The Morgan fingerprint density at radius 1 is 0.549 bits per heavy atom. The Morgan fingerprint density at radius 3 is 2.02 bits per heavy atom. The summed E-state index contributed by atoms with van der Waals surface area (Å²) in [4.78, 5) is 13.0. The zero-order chi connectivity index (χ0) is 33.6. The van der Waals surface area contributed by atoms with Crippen LogP contribution in [0, 0.1) is 5.41 Å². The van der Waals surface area contributed by atoms with Gasteiger partial charge in [-0.3, -0.25) is 5.41 Å². The highest BCUT2D eigenvalue weighted by atomic mass is 15.0. The van der Waals surface area contributed by atoms with Gasteiger partial charge in [0.2, 0.25) is 5.62 Å². The zero-order valence-electron chi connectivity index (χ0n) is 27.3. The van der Waals surface area contributed by atoms with Crippen LogP contribution in [-0.4, -0.2) is 24.8 Å². The highest BCUT2D eigenvalue weighted by Crippen LogP contribution is 2.45. The average molecular weight is 653 g/mol. The highest BCUT2D eigenvalue weighted by molar-refractivity contribution is 6.33. The Labute approximate surface area is 291 Å². The molecule has 4 heterocycles. The van der Waals surface area contributed by atoms with Gasteiger partial charge in [0.1, 0.15) is 0 Å². The van der Waals surface area contributed by atoms with Crippen molar-refractivity contribution in [1.29, 1.82) is 5.41 Å². The van der Waals surface area contributed by atoms with Gasteiger partial charge >= 0.3 is 0 Å². The summed E-state index contributed by atoms with van der Waals surface area (Å²) in [5.74, 6) is 0.133. The van der Waals surface area contributed by atoms with Crippen molar-refractivity contribution >= 4 is 76.6 Å². The van der Waals surface area contributed by atoms with Crippen molar-refractivity contribution in [1.82, 2.24) is 18.9 Å². The van der Waals surface area contributed by atoms with E-state index in [4.69, 9.17) is 9.98 Å². The Morgan fingerprint density at radius 2 is 1.20 bits per heavy atom. The molecule has 4 aromatic heterocycles. The van der Waals surface area contributed by atoms with Gasteiger partial charge in [0, 0.05) is 49.1 Å². The summed E-state index contributed by atoms with van der Waals surface area (Å²) in [5.41, 5.74) is 10.7. The summed E-state index contributed by atoms with van der Waals surface area (Å²) in [6.07, 6.45) is 0. The molecule has 0 radical (unpaired) electrons. The maximum Gasteiger partial charge on any atom is 0.229 e. The number of hydrogen-bond acceptors (Lipinski definition) is 2. The van der Waals surface area contributed by atoms with Crippen LogP contribution in [0.4, 0.5) is 0 Å². The van der Waals surface area contributed by atoms with Crippen LogP contribution < -0.4 is 5.62 Å². The molecule has 0 bridgehead atoms. The molecule has 2 N–H and O–H groups in total. The molecule has 51 heavy (non-hydrogen) atoms. The van der Waals surface area contributed by atoms with Gasteiger partial charge < -0.3 is 14.0 Å². The van der Waals surface area contributed by atoms with E-state index in [9.17, 15) is 5.41 Å². The van der Waals surface area contributed by atoms with Gasteiger partial charge in [-0.15, -0.1) is 0 Å². The summed E-state index contributed by atoms with van der Waals surface area (Å²) >= 11 is 0. The minimum absolute atomic E-state index is 0.133. The fourth-order valence-corrected chi connectivity index (χ4v) is 8.19. The first-order valence-corrected chi connectivity index (χ1v) is 17.1. The van der Waals surface area contributed by atoms with E-state index in [-0.39, 0.29) is 5.84 Å². The Kier molecular flexibility index (Phi) is 5.72. The maximum atomic E-state index is 9.18. The molecule has 7 aromatic carbocycles. The topological polar surface area (TPSA) is 74.2 Å². The summed E-state index contributed by atoms with van der Waals surface area (Å²) in [6, 6.07) is 55.0. The number of nitrogens with zero attached hydrogens (tertiary/aromatic N) is 4. The second-order valence-electron chi connectivity index (χ2n) is 13.1. The van der Waals surface area contributed by atoms with E-state index in [0.29, 0.717) is 11.2 Å². The molecule has 0 saturated carbocycles. The van der Waals surface area contributed by atoms with Gasteiger partial charge in [-0.2, -0.15) is 4.99 Å². The molecule has 11 aromatic rings. The Balaban J connectivity index is 1.15. The molecule has 0 fully saturated rings. The number of rotatable bonds is 3. The zero-order valence-corrected chi connectivity index (χ0v) is 27.3. The predicted molar refractivity (Wildman–Crippen MR) is 209 cm³/mol. The van der Waals surface area contributed by atoms with E-state index in [0.717, 1.165) is 38.9 Å². The first kappa shape index (κ1) is 27.9. The quantitative estimate of drug-likeness (QED) is 0.145. The van der Waals surface area contributed by atoms with Crippen LogP contribution in [-0.2, 0) is 0 Å². The molecule has 6 nitrogen and oxygen atoms in total. The second-order valence-corrected chi connectivity index (χ2v) is 13.1. The molecule has 0 unspecified atom stereocenters. The van der Waals surface area contributed by atoms with E-state index in [1.165, 1.54) is 48.9 Å². The Hall–Kier alpha value is -7.05. The number of para-hydroxylation sites is 3. The number of nitrogens with one attached hydrogen (secondary N) is 2. The Bertz CT molecular complexity index is 3270. The van der Waals surface area contributed by atoms with Crippen LogP contribution in [0.15, 0.2) is 163 Å². The molecule has 0 saturated heterocycles. The van der Waals surface area contributed by atoms with E-state index >= 15 is 0 Å².